The van der Waals surface area contributed by atoms with Crippen molar-refractivity contribution in [1.82, 2.24) is 9.96 Å². The van der Waals surface area contributed by atoms with Gasteiger partial charge in [0.15, 0.2) is 25.0 Å². The first kappa shape index (κ1) is 61.8. The zero-order valence-corrected chi connectivity index (χ0v) is 50.7. The number of hydrogen-bond donors (Lipinski definition) is 4. The van der Waals surface area contributed by atoms with E-state index >= 15 is 0 Å². The molecular weight excluding hydrogens is 849 g/mol. The zero-order valence-electron chi connectivity index (χ0n) is 41.7. The van der Waals surface area contributed by atoms with Crippen molar-refractivity contribution in [3.63, 3.8) is 0 Å². The molecule has 342 valence electrons. The van der Waals surface area contributed by atoms with E-state index in [0.29, 0.717) is 6.54 Å². The lowest BCUT2D eigenvalue weighted by Gasteiger charge is -2.41. The molecule has 10 nitrogen and oxygen atoms in total. The van der Waals surface area contributed by atoms with Gasteiger partial charge >= 0.3 is 25.7 Å². The van der Waals surface area contributed by atoms with E-state index < -0.39 is 75.7 Å². The molecule has 0 saturated heterocycles. The summed E-state index contributed by atoms with van der Waals surface area (Å²) in [7, 11) is -15.6. The average molecular weight is 952 g/mol. The molecule has 0 aliphatic rings. The summed E-state index contributed by atoms with van der Waals surface area (Å²) in [6, 6.07) is 4.85. The Hall–Kier alpha value is 1.55. The lowest BCUT2D eigenvalue weighted by atomic mass is 10.4. The van der Waals surface area contributed by atoms with Gasteiger partial charge in [0.1, 0.15) is 0 Å². The molecule has 0 rings (SSSR count). The van der Waals surface area contributed by atoms with Gasteiger partial charge < -0.3 is 46.4 Å². The molecule has 1 unspecified atom stereocenters. The van der Waals surface area contributed by atoms with E-state index in [2.05, 4.69) is 155 Å². The lowest BCUT2D eigenvalue weighted by Crippen LogP contribution is -2.58. The summed E-state index contributed by atoms with van der Waals surface area (Å²) in [6.45, 7) is 53.8. The van der Waals surface area contributed by atoms with Gasteiger partial charge in [0, 0.05) is 14.7 Å². The van der Waals surface area contributed by atoms with Gasteiger partial charge in [-0.25, -0.2) is 0 Å². The quantitative estimate of drug-likeness (QED) is 0.0538. The van der Waals surface area contributed by atoms with Crippen molar-refractivity contribution in [3.05, 3.63) is 0 Å². The fourth-order valence-electron chi connectivity index (χ4n) is 6.65. The van der Waals surface area contributed by atoms with Gasteiger partial charge in [-0.3, -0.25) is 0 Å². The molecule has 0 aromatic rings. The second kappa shape index (κ2) is 28.3. The van der Waals surface area contributed by atoms with Gasteiger partial charge in [-0.1, -0.05) is 52.8 Å². The fraction of sp³-hybridized carbons (Fsp3) is 1.00. The Morgan fingerprint density at radius 2 is 0.875 bits per heavy atom. The molecule has 0 aliphatic heterocycles. The van der Waals surface area contributed by atoms with E-state index in [4.69, 9.17) is 36.5 Å². The largest absolute Gasteiger partial charge is 0.437 e. The molecule has 0 heterocycles. The maximum Gasteiger partial charge on any atom is 0.315 e. The molecule has 0 amide bonds. The lowest BCUT2D eigenvalue weighted by molar-refractivity contribution is 0.317. The first-order valence-corrected chi connectivity index (χ1v) is 49.4. The van der Waals surface area contributed by atoms with Gasteiger partial charge in [0.05, 0.1) is 0 Å². The van der Waals surface area contributed by atoms with Crippen LogP contribution < -0.4 is 21.4 Å². The highest BCUT2D eigenvalue weighted by atomic mass is 28.5. The van der Waals surface area contributed by atoms with Crippen LogP contribution in [0.5, 0.6) is 0 Å². The van der Waals surface area contributed by atoms with Crippen LogP contribution in [0.3, 0.4) is 0 Å². The second-order valence-corrected chi connectivity index (χ2v) is 58.2. The van der Waals surface area contributed by atoms with E-state index in [1.165, 1.54) is 31.4 Å². The maximum atomic E-state index is 6.53. The molecule has 0 aromatic carbocycles. The van der Waals surface area contributed by atoms with Crippen LogP contribution in [-0.2, 0) is 25.0 Å². The summed E-state index contributed by atoms with van der Waals surface area (Å²) >= 11 is 0. The molecule has 0 saturated carbocycles. The summed E-state index contributed by atoms with van der Waals surface area (Å²) in [5, 5.41) is 0. The predicted molar refractivity (Wildman–Crippen MR) is 273 cm³/mol. The van der Waals surface area contributed by atoms with Crippen molar-refractivity contribution in [1.29, 1.82) is 0 Å². The van der Waals surface area contributed by atoms with Crippen LogP contribution in [0.2, 0.25) is 149 Å². The highest BCUT2D eigenvalue weighted by molar-refractivity contribution is 6.89. The van der Waals surface area contributed by atoms with E-state index in [9.17, 15) is 0 Å². The molecule has 56 heavy (non-hydrogen) atoms. The number of nitrogens with two attached hydrogens (primary N) is 2. The summed E-state index contributed by atoms with van der Waals surface area (Å²) in [5.74, 6) is 0. The molecule has 0 fully saturated rings. The monoisotopic (exact) mass is 951 g/mol. The highest BCUT2D eigenvalue weighted by Crippen LogP contribution is 2.28. The van der Waals surface area contributed by atoms with Crippen molar-refractivity contribution in [3.8, 4) is 0 Å². The molecule has 1 atom stereocenters. The van der Waals surface area contributed by atoms with Crippen molar-refractivity contribution >= 4 is 75.7 Å². The number of hydrogen-bond acceptors (Lipinski definition) is 10. The summed E-state index contributed by atoms with van der Waals surface area (Å²) in [5.41, 5.74) is 11.3. The normalized spacial score (nSPS) is 14.8. The number of unbranched alkanes of at least 4 members (excludes halogenated alkanes) is 1. The highest BCUT2D eigenvalue weighted by Gasteiger charge is 2.44. The Bertz CT molecular complexity index is 958. The minimum atomic E-state index is -2.20. The Morgan fingerprint density at radius 3 is 1.30 bits per heavy atom. The van der Waals surface area contributed by atoms with Crippen molar-refractivity contribution < 1.29 is 25.0 Å². The van der Waals surface area contributed by atoms with Crippen LogP contribution in [-0.4, -0.2) is 108 Å². The molecule has 0 bridgehead atoms. The molecule has 0 aromatic heterocycles. The van der Waals surface area contributed by atoms with Crippen molar-refractivity contribution in [2.45, 2.75) is 208 Å². The number of nitrogens with one attached hydrogen (secondary N) is 2. The Kier molecular flexibility index (Phi) is 31.2. The third-order valence-electron chi connectivity index (χ3n) is 8.43. The molecule has 0 radical (unpaired) electrons. The van der Waals surface area contributed by atoms with E-state index in [1.54, 1.807) is 0 Å². The summed E-state index contributed by atoms with van der Waals surface area (Å²) < 4.78 is 38.2. The van der Waals surface area contributed by atoms with E-state index in [0.717, 1.165) is 57.6 Å². The fourth-order valence-corrected chi connectivity index (χ4v) is 42.0. The molecular formula is C37H102N4O6Si9. The third kappa shape index (κ3) is 39.7. The third-order valence-corrected chi connectivity index (χ3v) is 38.1. The topological polar surface area (TPSA) is 131 Å². The van der Waals surface area contributed by atoms with E-state index in [1.807, 2.05) is 0 Å². The Labute approximate surface area is 360 Å². The summed E-state index contributed by atoms with van der Waals surface area (Å²) in [4.78, 5) is 7.13. The van der Waals surface area contributed by atoms with Crippen molar-refractivity contribution in [2.75, 3.05) is 32.8 Å². The van der Waals surface area contributed by atoms with Crippen LogP contribution in [0.25, 0.3) is 0 Å². The van der Waals surface area contributed by atoms with Crippen LogP contribution in [0, 0.1) is 0 Å². The minimum absolute atomic E-state index is 0.692. The van der Waals surface area contributed by atoms with Gasteiger partial charge in [0.25, 0.3) is 17.0 Å². The predicted octanol–water partition coefficient (Wildman–Crippen LogP) is 11.0. The zero-order chi connectivity index (χ0) is 44.8. The summed E-state index contributed by atoms with van der Waals surface area (Å²) in [6.07, 6.45) is 7.07. The van der Waals surface area contributed by atoms with Crippen LogP contribution in [0.15, 0.2) is 0 Å². The first-order valence-electron chi connectivity index (χ1n) is 22.1. The average Bonchev–Trinajstić information content (AvgIpc) is 2.96. The molecule has 19 heteroatoms. The SMILES string of the molecule is CCCC[Si](C)(C)CCO[Si](C)(C)NCCC.CCCN[Si](C)(C)O[Si](C)(C)O[Si](C)(C)CCCN.C[Si](C)(C)O[Si](C)(C)O[Si](C)(CCCN)O[Si](C)(C)C. The maximum absolute atomic E-state index is 6.53. The minimum Gasteiger partial charge on any atom is -0.437 e. The standard InChI is InChI=1S/C13H33NOSi2.C12H34N2O2Si3.C12H35NO3Si4/c1-7-9-12-16(3,4)13-11-15-17(5,6)14-10-8-2;1-8-11-14-18(4,5)16-19(6,7)15-17(2,3)12-9-10-13;1-17(2,3)14-19(7,8)16-20(9,12-10-11-13)15-18(4,5)6/h14H,7-13H2,1-6H3;14H,8-13H2,1-7H3;10-13H2,1-9H3. The van der Waals surface area contributed by atoms with Gasteiger partial charge in [-0.2, -0.15) is 0 Å². The first-order chi connectivity index (χ1) is 25.0. The smallest absolute Gasteiger partial charge is 0.315 e. The molecule has 0 spiro atoms. The van der Waals surface area contributed by atoms with Crippen LogP contribution in [0.4, 0.5) is 0 Å². The van der Waals surface area contributed by atoms with Crippen LogP contribution in [0.1, 0.15) is 59.3 Å². The molecule has 6 N–H and O–H groups in total. The second-order valence-electron chi connectivity index (χ2n) is 21.0. The van der Waals surface area contributed by atoms with Crippen LogP contribution >= 0.6 is 0 Å². The molecule has 0 aliphatic carbocycles. The Balaban J connectivity index is -0.000000755. The van der Waals surface area contributed by atoms with Gasteiger partial charge in [0.2, 0.25) is 0 Å². The van der Waals surface area contributed by atoms with E-state index in [-0.39, 0.29) is 0 Å². The van der Waals surface area contributed by atoms with Gasteiger partial charge in [-0.05, 0) is 181 Å². The number of rotatable bonds is 29. The Morgan fingerprint density at radius 1 is 0.429 bits per heavy atom. The van der Waals surface area contributed by atoms with Crippen molar-refractivity contribution in [2.24, 2.45) is 11.5 Å². The van der Waals surface area contributed by atoms with Gasteiger partial charge in [-0.15, -0.1) is 0 Å².